The highest BCUT2D eigenvalue weighted by molar-refractivity contribution is 6.28. The van der Waals surface area contributed by atoms with Gasteiger partial charge in [0, 0.05) is 7.05 Å². The zero-order chi connectivity index (χ0) is 13.1. The molecule has 5 nitrogen and oxygen atoms in total. The van der Waals surface area contributed by atoms with Gasteiger partial charge in [0.1, 0.15) is 18.2 Å². The summed E-state index contributed by atoms with van der Waals surface area (Å²) in [6.45, 7) is 1.05. The van der Waals surface area contributed by atoms with Crippen molar-refractivity contribution in [2.24, 2.45) is 10.7 Å². The van der Waals surface area contributed by atoms with Gasteiger partial charge in [-0.3, -0.25) is 4.79 Å². The second-order valence-electron chi connectivity index (χ2n) is 3.99. The van der Waals surface area contributed by atoms with Crippen LogP contribution in [0.2, 0.25) is 0 Å². The number of nitrogens with zero attached hydrogens (tertiary/aromatic N) is 2. The molecule has 2 rings (SSSR count). The van der Waals surface area contributed by atoms with Crippen molar-refractivity contribution in [3.63, 3.8) is 0 Å². The van der Waals surface area contributed by atoms with Gasteiger partial charge in [-0.1, -0.05) is 0 Å². The maximum Gasteiger partial charge on any atom is 0.257 e. The van der Waals surface area contributed by atoms with E-state index in [1.165, 1.54) is 0 Å². The number of amides is 1. The van der Waals surface area contributed by atoms with E-state index in [9.17, 15) is 4.79 Å². The molecule has 0 saturated carbocycles. The monoisotopic (exact) mass is 267 g/mol. The van der Waals surface area contributed by atoms with Gasteiger partial charge in [0.05, 0.1) is 23.7 Å². The molecule has 1 aliphatic heterocycles. The first kappa shape index (κ1) is 12.7. The first-order valence-corrected chi connectivity index (χ1v) is 6.06. The van der Waals surface area contributed by atoms with E-state index in [4.69, 9.17) is 22.1 Å². The second kappa shape index (κ2) is 5.27. The lowest BCUT2D eigenvalue weighted by Crippen LogP contribution is -2.27. The molecule has 1 aliphatic rings. The van der Waals surface area contributed by atoms with Crippen molar-refractivity contribution in [3.8, 4) is 5.75 Å². The molecule has 2 N–H and O–H groups in total. The van der Waals surface area contributed by atoms with Crippen LogP contribution in [0.4, 0.5) is 5.69 Å². The van der Waals surface area contributed by atoms with Crippen LogP contribution >= 0.6 is 11.6 Å². The Balaban J connectivity index is 2.41. The Morgan fingerprint density at radius 1 is 1.61 bits per heavy atom. The highest BCUT2D eigenvalue weighted by atomic mass is 35.5. The number of amidine groups is 1. The molecule has 1 amide bonds. The average molecular weight is 268 g/mol. The van der Waals surface area contributed by atoms with E-state index in [1.807, 2.05) is 0 Å². The molecule has 6 heteroatoms. The fourth-order valence-corrected chi connectivity index (χ4v) is 1.74. The molecule has 0 aromatic heterocycles. The van der Waals surface area contributed by atoms with Gasteiger partial charge in [0.25, 0.3) is 5.91 Å². The number of carbonyl (C=O) groups is 1. The van der Waals surface area contributed by atoms with E-state index in [0.717, 1.165) is 0 Å². The predicted octanol–water partition coefficient (Wildman–Crippen LogP) is 1.38. The molecular formula is C12H14ClN3O2. The largest absolute Gasteiger partial charge is 0.491 e. The standard InChI is InChI=1S/C12H14ClN3O2/c1-16-4-5-18-10-3-2-8(15-11(14)7-13)6-9(10)12(16)17/h2-3,6H,4-5,7H2,1H3,(H2,14,15). The summed E-state index contributed by atoms with van der Waals surface area (Å²) in [5.74, 6) is 0.963. The number of halogens is 1. The van der Waals surface area contributed by atoms with Crippen molar-refractivity contribution in [2.45, 2.75) is 0 Å². The molecule has 0 atom stereocenters. The average Bonchev–Trinajstić information content (AvgIpc) is 2.51. The highest BCUT2D eigenvalue weighted by Gasteiger charge is 2.20. The van der Waals surface area contributed by atoms with Gasteiger partial charge < -0.3 is 15.4 Å². The number of nitrogens with two attached hydrogens (primary N) is 1. The molecule has 0 unspecified atom stereocenters. The van der Waals surface area contributed by atoms with Gasteiger partial charge in [-0.15, -0.1) is 11.6 Å². The molecular weight excluding hydrogens is 254 g/mol. The third-order valence-electron chi connectivity index (χ3n) is 2.63. The van der Waals surface area contributed by atoms with E-state index in [1.54, 1.807) is 30.1 Å². The quantitative estimate of drug-likeness (QED) is 0.500. The van der Waals surface area contributed by atoms with Crippen molar-refractivity contribution < 1.29 is 9.53 Å². The van der Waals surface area contributed by atoms with Gasteiger partial charge in [0.2, 0.25) is 0 Å². The summed E-state index contributed by atoms with van der Waals surface area (Å²) < 4.78 is 5.51. The van der Waals surface area contributed by atoms with Crippen LogP contribution in [-0.2, 0) is 0 Å². The summed E-state index contributed by atoms with van der Waals surface area (Å²) in [5.41, 5.74) is 6.66. The summed E-state index contributed by atoms with van der Waals surface area (Å²) in [7, 11) is 1.74. The normalized spacial score (nSPS) is 16.0. The summed E-state index contributed by atoms with van der Waals surface area (Å²) in [4.78, 5) is 17.8. The number of ether oxygens (including phenoxy) is 1. The van der Waals surface area contributed by atoms with Gasteiger partial charge >= 0.3 is 0 Å². The SMILES string of the molecule is CN1CCOc2ccc(N=C(N)CCl)cc2C1=O. The highest BCUT2D eigenvalue weighted by Crippen LogP contribution is 2.27. The van der Waals surface area contributed by atoms with Crippen LogP contribution in [0, 0.1) is 0 Å². The zero-order valence-electron chi connectivity index (χ0n) is 10.0. The zero-order valence-corrected chi connectivity index (χ0v) is 10.8. The first-order valence-electron chi connectivity index (χ1n) is 5.53. The maximum atomic E-state index is 12.1. The molecule has 96 valence electrons. The molecule has 0 radical (unpaired) electrons. The summed E-state index contributed by atoms with van der Waals surface area (Å²) in [6, 6.07) is 5.14. The van der Waals surface area contributed by atoms with Crippen molar-refractivity contribution in [1.82, 2.24) is 4.90 Å². The molecule has 1 aromatic rings. The Bertz CT molecular complexity index is 502. The number of fused-ring (bicyclic) bond motifs is 1. The third-order valence-corrected chi connectivity index (χ3v) is 2.91. The van der Waals surface area contributed by atoms with Gasteiger partial charge in [-0.2, -0.15) is 0 Å². The first-order chi connectivity index (χ1) is 8.61. The minimum atomic E-state index is -0.0796. The number of carbonyl (C=O) groups excluding carboxylic acids is 1. The van der Waals surface area contributed by atoms with Crippen LogP contribution in [0.1, 0.15) is 10.4 Å². The van der Waals surface area contributed by atoms with Gasteiger partial charge in [-0.25, -0.2) is 4.99 Å². The lowest BCUT2D eigenvalue weighted by molar-refractivity contribution is 0.0797. The number of aliphatic imine (C=N–C) groups is 1. The van der Waals surface area contributed by atoms with Crippen LogP contribution in [-0.4, -0.2) is 42.7 Å². The molecule has 18 heavy (non-hydrogen) atoms. The van der Waals surface area contributed by atoms with Crippen LogP contribution in [0.25, 0.3) is 0 Å². The van der Waals surface area contributed by atoms with Crippen molar-refractivity contribution in [3.05, 3.63) is 23.8 Å². The Morgan fingerprint density at radius 2 is 2.39 bits per heavy atom. The lowest BCUT2D eigenvalue weighted by atomic mass is 10.1. The molecule has 0 spiro atoms. The molecule has 0 fully saturated rings. The number of rotatable bonds is 2. The number of likely N-dealkylation sites (N-methyl/N-ethyl adjacent to an activating group) is 1. The maximum absolute atomic E-state index is 12.1. The fourth-order valence-electron chi connectivity index (χ4n) is 1.68. The molecule has 1 aromatic carbocycles. The minimum Gasteiger partial charge on any atom is -0.491 e. The van der Waals surface area contributed by atoms with Crippen molar-refractivity contribution in [2.75, 3.05) is 26.1 Å². The Labute approximate surface area is 110 Å². The number of alkyl halides is 1. The summed E-state index contributed by atoms with van der Waals surface area (Å²) in [6.07, 6.45) is 0. The van der Waals surface area contributed by atoms with E-state index < -0.39 is 0 Å². The van der Waals surface area contributed by atoms with Gasteiger partial charge in [0.15, 0.2) is 0 Å². The Hall–Kier alpha value is -1.75. The van der Waals surface area contributed by atoms with Crippen LogP contribution < -0.4 is 10.5 Å². The molecule has 0 saturated heterocycles. The number of hydrogen-bond donors (Lipinski definition) is 1. The van der Waals surface area contributed by atoms with Crippen molar-refractivity contribution in [1.29, 1.82) is 0 Å². The second-order valence-corrected chi connectivity index (χ2v) is 4.26. The minimum absolute atomic E-state index is 0.0796. The molecule has 0 bridgehead atoms. The predicted molar refractivity (Wildman–Crippen MR) is 70.9 cm³/mol. The third kappa shape index (κ3) is 2.56. The van der Waals surface area contributed by atoms with Crippen LogP contribution in [0.15, 0.2) is 23.2 Å². The summed E-state index contributed by atoms with van der Waals surface area (Å²) in [5, 5.41) is 0. The van der Waals surface area contributed by atoms with Gasteiger partial charge in [-0.05, 0) is 18.2 Å². The van der Waals surface area contributed by atoms with E-state index >= 15 is 0 Å². The van der Waals surface area contributed by atoms with E-state index in [2.05, 4.69) is 4.99 Å². The topological polar surface area (TPSA) is 67.9 Å². The van der Waals surface area contributed by atoms with E-state index in [-0.39, 0.29) is 11.8 Å². The fraction of sp³-hybridized carbons (Fsp3) is 0.333. The number of hydrogen-bond acceptors (Lipinski definition) is 3. The van der Waals surface area contributed by atoms with E-state index in [0.29, 0.717) is 36.0 Å². The van der Waals surface area contributed by atoms with Crippen molar-refractivity contribution >= 4 is 29.0 Å². The smallest absolute Gasteiger partial charge is 0.257 e. The van der Waals surface area contributed by atoms with Crippen LogP contribution in [0.3, 0.4) is 0 Å². The Kier molecular flexibility index (Phi) is 3.72. The Morgan fingerprint density at radius 3 is 3.11 bits per heavy atom. The van der Waals surface area contributed by atoms with Crippen LogP contribution in [0.5, 0.6) is 5.75 Å². The summed E-state index contributed by atoms with van der Waals surface area (Å²) >= 11 is 5.57. The molecule has 1 heterocycles. The number of benzene rings is 1. The lowest BCUT2D eigenvalue weighted by Gasteiger charge is -2.12. The molecule has 0 aliphatic carbocycles.